The Balaban J connectivity index is 0.00000180. The molecule has 2 nitrogen and oxygen atoms in total. The molecule has 1 aromatic rings. The van der Waals surface area contributed by atoms with E-state index in [0.29, 0.717) is 0 Å². The summed E-state index contributed by atoms with van der Waals surface area (Å²) >= 11 is 0. The molecular weight excluding hydrogens is 256 g/mol. The molecule has 1 saturated heterocycles. The van der Waals surface area contributed by atoms with Gasteiger partial charge in [0.05, 0.1) is 0 Å². The second kappa shape index (κ2) is 7.28. The van der Waals surface area contributed by atoms with Crippen LogP contribution in [0.2, 0.25) is 0 Å². The predicted octanol–water partition coefficient (Wildman–Crippen LogP) is 3.22. The third kappa shape index (κ3) is 3.95. The van der Waals surface area contributed by atoms with E-state index in [9.17, 15) is 0 Å². The Morgan fingerprint density at radius 3 is 2.53 bits per heavy atom. The van der Waals surface area contributed by atoms with Gasteiger partial charge in [-0.2, -0.15) is 0 Å². The molecule has 1 aliphatic heterocycles. The van der Waals surface area contributed by atoms with Crippen molar-refractivity contribution in [1.82, 2.24) is 10.2 Å². The lowest BCUT2D eigenvalue weighted by molar-refractivity contribution is 0.242. The highest BCUT2D eigenvalue weighted by Gasteiger charge is 2.24. The Labute approximate surface area is 124 Å². The Bertz CT molecular complexity index is 417. The highest BCUT2D eigenvalue weighted by molar-refractivity contribution is 5.85. The van der Waals surface area contributed by atoms with E-state index in [0.717, 1.165) is 19.1 Å². The molecule has 1 aliphatic rings. The standard InChI is InChI=1S/C16H26N2.ClH/c1-12-8-14(3)15(9-13(12)2)11-18-7-5-6-16(18)10-17-4;/h8-9,16-17H,5-7,10-11H2,1-4H3;1H. The molecule has 108 valence electrons. The number of halogens is 1. The van der Waals surface area contributed by atoms with Gasteiger partial charge in [0.25, 0.3) is 0 Å². The van der Waals surface area contributed by atoms with Crippen LogP contribution < -0.4 is 5.32 Å². The van der Waals surface area contributed by atoms with Crippen molar-refractivity contribution in [1.29, 1.82) is 0 Å². The zero-order valence-corrected chi connectivity index (χ0v) is 13.4. The topological polar surface area (TPSA) is 15.3 Å². The number of nitrogens with one attached hydrogen (secondary N) is 1. The molecule has 2 rings (SSSR count). The van der Waals surface area contributed by atoms with Crippen LogP contribution in [0.15, 0.2) is 12.1 Å². The van der Waals surface area contributed by atoms with Crippen molar-refractivity contribution in [2.75, 3.05) is 20.1 Å². The molecule has 1 heterocycles. The first-order chi connectivity index (χ1) is 8.61. The second-order valence-electron chi connectivity index (χ2n) is 5.69. The largest absolute Gasteiger partial charge is 0.318 e. The highest BCUT2D eigenvalue weighted by atomic mass is 35.5. The zero-order chi connectivity index (χ0) is 13.1. The molecule has 0 radical (unpaired) electrons. The number of rotatable bonds is 4. The van der Waals surface area contributed by atoms with Crippen LogP contribution in [0.5, 0.6) is 0 Å². The summed E-state index contributed by atoms with van der Waals surface area (Å²) in [4.78, 5) is 2.63. The second-order valence-corrected chi connectivity index (χ2v) is 5.69. The van der Waals surface area contributed by atoms with Crippen molar-refractivity contribution < 1.29 is 0 Å². The van der Waals surface area contributed by atoms with E-state index >= 15 is 0 Å². The van der Waals surface area contributed by atoms with Gasteiger partial charge < -0.3 is 5.32 Å². The summed E-state index contributed by atoms with van der Waals surface area (Å²) < 4.78 is 0. The quantitative estimate of drug-likeness (QED) is 0.912. The van der Waals surface area contributed by atoms with Gasteiger partial charge in [0.1, 0.15) is 0 Å². The maximum Gasteiger partial charge on any atom is 0.0239 e. The van der Waals surface area contributed by atoms with Crippen LogP contribution in [0.4, 0.5) is 0 Å². The smallest absolute Gasteiger partial charge is 0.0239 e. The first-order valence-corrected chi connectivity index (χ1v) is 7.07. The fourth-order valence-corrected chi connectivity index (χ4v) is 2.98. The SMILES string of the molecule is CNCC1CCCN1Cc1cc(C)c(C)cc1C.Cl. The van der Waals surface area contributed by atoms with Crippen LogP contribution >= 0.6 is 12.4 Å². The van der Waals surface area contributed by atoms with Gasteiger partial charge in [-0.25, -0.2) is 0 Å². The van der Waals surface area contributed by atoms with Crippen molar-refractivity contribution >= 4 is 12.4 Å². The van der Waals surface area contributed by atoms with Gasteiger partial charge in [0.15, 0.2) is 0 Å². The average Bonchev–Trinajstić information content (AvgIpc) is 2.74. The summed E-state index contributed by atoms with van der Waals surface area (Å²) in [6.45, 7) is 10.1. The molecule has 1 unspecified atom stereocenters. The molecule has 1 atom stereocenters. The molecule has 1 fully saturated rings. The number of likely N-dealkylation sites (N-methyl/N-ethyl adjacent to an activating group) is 1. The molecule has 0 bridgehead atoms. The summed E-state index contributed by atoms with van der Waals surface area (Å²) in [7, 11) is 2.05. The molecule has 0 spiro atoms. The molecule has 0 amide bonds. The summed E-state index contributed by atoms with van der Waals surface area (Å²) in [5.41, 5.74) is 5.76. The maximum atomic E-state index is 3.32. The van der Waals surface area contributed by atoms with Crippen molar-refractivity contribution in [3.05, 3.63) is 34.4 Å². The van der Waals surface area contributed by atoms with E-state index in [-0.39, 0.29) is 12.4 Å². The molecule has 19 heavy (non-hydrogen) atoms. The van der Waals surface area contributed by atoms with Crippen molar-refractivity contribution in [3.8, 4) is 0 Å². The third-order valence-electron chi connectivity index (χ3n) is 4.26. The number of hydrogen-bond acceptors (Lipinski definition) is 2. The van der Waals surface area contributed by atoms with Crippen LogP contribution in [0, 0.1) is 20.8 Å². The minimum absolute atomic E-state index is 0. The van der Waals surface area contributed by atoms with Gasteiger partial charge in [0, 0.05) is 19.1 Å². The normalized spacial score (nSPS) is 19.5. The molecular formula is C16H27ClN2. The zero-order valence-electron chi connectivity index (χ0n) is 12.6. The van der Waals surface area contributed by atoms with E-state index < -0.39 is 0 Å². The van der Waals surface area contributed by atoms with Gasteiger partial charge in [-0.3, -0.25) is 4.90 Å². The number of nitrogens with zero attached hydrogens (tertiary/aromatic N) is 1. The third-order valence-corrected chi connectivity index (χ3v) is 4.26. The lowest BCUT2D eigenvalue weighted by Gasteiger charge is -2.25. The summed E-state index contributed by atoms with van der Waals surface area (Å²) in [6.07, 6.45) is 2.68. The van der Waals surface area contributed by atoms with Crippen molar-refractivity contribution in [2.24, 2.45) is 0 Å². The average molecular weight is 283 g/mol. The van der Waals surface area contributed by atoms with Gasteiger partial charge in [-0.1, -0.05) is 12.1 Å². The Hall–Kier alpha value is -0.570. The van der Waals surface area contributed by atoms with E-state index in [2.05, 4.69) is 50.2 Å². The van der Waals surface area contributed by atoms with Crippen LogP contribution in [-0.2, 0) is 6.54 Å². The van der Waals surface area contributed by atoms with E-state index in [1.807, 2.05) is 0 Å². The first-order valence-electron chi connectivity index (χ1n) is 7.07. The number of benzene rings is 1. The fourth-order valence-electron chi connectivity index (χ4n) is 2.98. The lowest BCUT2D eigenvalue weighted by atomic mass is 10.0. The van der Waals surface area contributed by atoms with E-state index in [1.165, 1.54) is 41.6 Å². The molecule has 3 heteroatoms. The van der Waals surface area contributed by atoms with Gasteiger partial charge in [0.2, 0.25) is 0 Å². The van der Waals surface area contributed by atoms with Crippen LogP contribution in [0.25, 0.3) is 0 Å². The van der Waals surface area contributed by atoms with Gasteiger partial charge >= 0.3 is 0 Å². The Morgan fingerprint density at radius 1 is 1.16 bits per heavy atom. The number of likely N-dealkylation sites (tertiary alicyclic amines) is 1. The molecule has 0 aromatic heterocycles. The van der Waals surface area contributed by atoms with Crippen LogP contribution in [0.3, 0.4) is 0 Å². The molecule has 0 aliphatic carbocycles. The molecule has 1 N–H and O–H groups in total. The van der Waals surface area contributed by atoms with E-state index in [1.54, 1.807) is 0 Å². The lowest BCUT2D eigenvalue weighted by Crippen LogP contribution is -2.36. The summed E-state index contributed by atoms with van der Waals surface area (Å²) in [6, 6.07) is 5.42. The highest BCUT2D eigenvalue weighted by Crippen LogP contribution is 2.22. The Kier molecular flexibility index (Phi) is 6.31. The minimum Gasteiger partial charge on any atom is -0.318 e. The minimum atomic E-state index is 0. The maximum absolute atomic E-state index is 3.32. The number of hydrogen-bond donors (Lipinski definition) is 1. The van der Waals surface area contributed by atoms with Gasteiger partial charge in [-0.05, 0) is 69.5 Å². The monoisotopic (exact) mass is 282 g/mol. The summed E-state index contributed by atoms with van der Waals surface area (Å²) in [5, 5.41) is 3.32. The molecule has 0 saturated carbocycles. The molecule has 1 aromatic carbocycles. The fraction of sp³-hybridized carbons (Fsp3) is 0.625. The van der Waals surface area contributed by atoms with Crippen LogP contribution in [-0.4, -0.2) is 31.1 Å². The van der Waals surface area contributed by atoms with Crippen molar-refractivity contribution in [3.63, 3.8) is 0 Å². The number of aryl methyl sites for hydroxylation is 3. The first kappa shape index (κ1) is 16.5. The van der Waals surface area contributed by atoms with Crippen molar-refractivity contribution in [2.45, 2.75) is 46.2 Å². The predicted molar refractivity (Wildman–Crippen MR) is 85.3 cm³/mol. The Morgan fingerprint density at radius 2 is 1.84 bits per heavy atom. The summed E-state index contributed by atoms with van der Waals surface area (Å²) in [5.74, 6) is 0. The van der Waals surface area contributed by atoms with E-state index in [4.69, 9.17) is 0 Å². The van der Waals surface area contributed by atoms with Gasteiger partial charge in [-0.15, -0.1) is 12.4 Å². The van der Waals surface area contributed by atoms with Crippen LogP contribution in [0.1, 0.15) is 35.1 Å².